The number of esters is 1. The van der Waals surface area contributed by atoms with Gasteiger partial charge in [-0.1, -0.05) is 50.2 Å². The Balaban J connectivity index is 2.08. The monoisotopic (exact) mass is 486 g/mol. The number of halogens is 3. The van der Waals surface area contributed by atoms with Crippen molar-refractivity contribution in [3.63, 3.8) is 0 Å². The minimum absolute atomic E-state index is 0.206. The quantitative estimate of drug-likeness (QED) is 0.530. The van der Waals surface area contributed by atoms with Gasteiger partial charge in [0.05, 0.1) is 10.5 Å². The average Bonchev–Trinajstić information content (AvgIpc) is 2.75. The second-order valence-corrected chi connectivity index (χ2v) is 9.37. The summed E-state index contributed by atoms with van der Waals surface area (Å²) in [5, 5.41) is 2.61. The zero-order valence-corrected chi connectivity index (χ0v) is 19.0. The molecule has 2 N–H and O–H groups in total. The van der Waals surface area contributed by atoms with Crippen molar-refractivity contribution in [1.29, 1.82) is 0 Å². The van der Waals surface area contributed by atoms with Crippen molar-refractivity contribution in [3.8, 4) is 0 Å². The van der Waals surface area contributed by atoms with E-state index in [9.17, 15) is 31.2 Å². The first-order valence-corrected chi connectivity index (χ1v) is 11.5. The molecule has 0 aliphatic rings. The Kier molecular flexibility index (Phi) is 8.62. The molecule has 0 aliphatic heterocycles. The van der Waals surface area contributed by atoms with Crippen LogP contribution in [0.2, 0.25) is 0 Å². The van der Waals surface area contributed by atoms with E-state index >= 15 is 0 Å². The molecule has 11 heteroatoms. The van der Waals surface area contributed by atoms with Crippen molar-refractivity contribution >= 4 is 21.9 Å². The van der Waals surface area contributed by atoms with Crippen LogP contribution >= 0.6 is 0 Å². The molecular formula is C22H25F3N2O5S. The fourth-order valence-electron chi connectivity index (χ4n) is 2.76. The molecule has 0 saturated carbocycles. The number of nitrogens with one attached hydrogen (secondary N) is 2. The van der Waals surface area contributed by atoms with Crippen molar-refractivity contribution < 1.29 is 35.9 Å². The summed E-state index contributed by atoms with van der Waals surface area (Å²) in [6, 6.07) is 10.8. The maximum absolute atomic E-state index is 12.9. The van der Waals surface area contributed by atoms with Gasteiger partial charge < -0.3 is 10.1 Å². The van der Waals surface area contributed by atoms with Crippen LogP contribution < -0.4 is 10.0 Å². The molecule has 2 atom stereocenters. The van der Waals surface area contributed by atoms with Crippen molar-refractivity contribution in [1.82, 2.24) is 10.0 Å². The Morgan fingerprint density at radius 2 is 1.64 bits per heavy atom. The summed E-state index contributed by atoms with van der Waals surface area (Å²) in [7, 11) is -4.49. The van der Waals surface area contributed by atoms with Crippen molar-refractivity contribution in [2.75, 3.05) is 0 Å². The number of carbonyl (C=O) groups is 2. The number of ether oxygens (including phenoxy) is 1. The Morgan fingerprint density at radius 3 is 2.21 bits per heavy atom. The lowest BCUT2D eigenvalue weighted by Crippen LogP contribution is -2.47. The molecule has 0 unspecified atom stereocenters. The summed E-state index contributed by atoms with van der Waals surface area (Å²) in [4.78, 5) is 24.2. The standard InChI is InChI=1S/C22H25F3N2O5S/c1-14(2)19(27-33(30,31)18-11-7-10-17(12-18)22(23,24)25)21(29)32-15(3)20(28)26-13-16-8-5-4-6-9-16/h4-12,14-15,19,27H,13H2,1-3H3,(H,26,28)/t15-,19-/m1/s1. The van der Waals surface area contributed by atoms with Crippen LogP contribution in [0.5, 0.6) is 0 Å². The molecule has 33 heavy (non-hydrogen) atoms. The van der Waals surface area contributed by atoms with Gasteiger partial charge in [-0.25, -0.2) is 8.42 Å². The van der Waals surface area contributed by atoms with Gasteiger partial charge >= 0.3 is 12.1 Å². The third kappa shape index (κ3) is 7.57. The normalized spacial score (nSPS) is 13.9. The molecule has 0 aliphatic carbocycles. The molecule has 0 fully saturated rings. The zero-order valence-electron chi connectivity index (χ0n) is 18.2. The molecule has 2 aromatic rings. The number of amides is 1. The molecule has 0 aromatic heterocycles. The summed E-state index contributed by atoms with van der Waals surface area (Å²) >= 11 is 0. The SMILES string of the molecule is CC(C)[C@@H](NS(=O)(=O)c1cccc(C(F)(F)F)c1)C(=O)O[C@H](C)C(=O)NCc1ccccc1. The van der Waals surface area contributed by atoms with Crippen LogP contribution in [-0.4, -0.2) is 32.4 Å². The predicted molar refractivity (Wildman–Crippen MR) is 114 cm³/mol. The Bertz CT molecular complexity index is 1070. The van der Waals surface area contributed by atoms with Gasteiger partial charge in [0.15, 0.2) is 6.10 Å². The van der Waals surface area contributed by atoms with Crippen LogP contribution in [0.1, 0.15) is 31.9 Å². The topological polar surface area (TPSA) is 102 Å². The number of hydrogen-bond acceptors (Lipinski definition) is 5. The van der Waals surface area contributed by atoms with E-state index in [4.69, 9.17) is 4.74 Å². The van der Waals surface area contributed by atoms with E-state index in [2.05, 4.69) is 10.0 Å². The van der Waals surface area contributed by atoms with Crippen LogP contribution in [0.3, 0.4) is 0 Å². The van der Waals surface area contributed by atoms with Gasteiger partial charge in [0.1, 0.15) is 6.04 Å². The predicted octanol–water partition coefficient (Wildman–Crippen LogP) is 3.26. The van der Waals surface area contributed by atoms with Crippen LogP contribution in [0.25, 0.3) is 0 Å². The summed E-state index contributed by atoms with van der Waals surface area (Å²) in [5.41, 5.74) is -0.309. The number of benzene rings is 2. The van der Waals surface area contributed by atoms with Gasteiger partial charge in [0.2, 0.25) is 10.0 Å². The maximum atomic E-state index is 12.9. The van der Waals surface area contributed by atoms with Crippen LogP contribution in [0.15, 0.2) is 59.5 Å². The number of rotatable bonds is 9. The van der Waals surface area contributed by atoms with Crippen LogP contribution in [0, 0.1) is 5.92 Å². The minimum atomic E-state index is -4.73. The summed E-state index contributed by atoms with van der Waals surface area (Å²) < 4.78 is 71.3. The largest absolute Gasteiger partial charge is 0.451 e. The highest BCUT2D eigenvalue weighted by atomic mass is 32.2. The molecule has 2 rings (SSSR count). The van der Waals surface area contributed by atoms with Gasteiger partial charge in [0, 0.05) is 6.54 Å². The molecule has 0 bridgehead atoms. The van der Waals surface area contributed by atoms with Gasteiger partial charge in [-0.05, 0) is 36.6 Å². The molecule has 2 aromatic carbocycles. The number of alkyl halides is 3. The highest BCUT2D eigenvalue weighted by Crippen LogP contribution is 2.30. The molecule has 180 valence electrons. The average molecular weight is 487 g/mol. The first kappa shape index (κ1) is 26.3. The van der Waals surface area contributed by atoms with Crippen molar-refractivity contribution in [2.45, 2.75) is 50.5 Å². The minimum Gasteiger partial charge on any atom is -0.451 e. The lowest BCUT2D eigenvalue weighted by atomic mass is 10.1. The van der Waals surface area contributed by atoms with E-state index < -0.39 is 56.6 Å². The fraction of sp³-hybridized carbons (Fsp3) is 0.364. The highest BCUT2D eigenvalue weighted by Gasteiger charge is 2.34. The zero-order chi connectivity index (χ0) is 24.8. The first-order chi connectivity index (χ1) is 15.3. The van der Waals surface area contributed by atoms with Crippen molar-refractivity contribution in [2.24, 2.45) is 5.92 Å². The Hall–Kier alpha value is -2.92. The Labute approximate surface area is 190 Å². The third-order valence-corrected chi connectivity index (χ3v) is 6.08. The summed E-state index contributed by atoms with van der Waals surface area (Å²) in [6.07, 6.45) is -5.95. The lowest BCUT2D eigenvalue weighted by Gasteiger charge is -2.23. The number of sulfonamides is 1. The van der Waals surface area contributed by atoms with Crippen LogP contribution in [0.4, 0.5) is 13.2 Å². The maximum Gasteiger partial charge on any atom is 0.416 e. The second kappa shape index (κ2) is 10.8. The fourth-order valence-corrected chi connectivity index (χ4v) is 4.14. The highest BCUT2D eigenvalue weighted by molar-refractivity contribution is 7.89. The number of carbonyl (C=O) groups excluding carboxylic acids is 2. The third-order valence-electron chi connectivity index (χ3n) is 4.65. The summed E-state index contributed by atoms with van der Waals surface area (Å²) in [5.74, 6) is -2.23. The first-order valence-electron chi connectivity index (χ1n) is 10.0. The molecule has 0 heterocycles. The van der Waals surface area contributed by atoms with E-state index in [1.54, 1.807) is 24.3 Å². The molecule has 7 nitrogen and oxygen atoms in total. The molecule has 1 amide bonds. The van der Waals surface area contributed by atoms with Gasteiger partial charge in [0.25, 0.3) is 5.91 Å². The Morgan fingerprint density at radius 1 is 1.00 bits per heavy atom. The number of hydrogen-bond donors (Lipinski definition) is 2. The van der Waals surface area contributed by atoms with E-state index in [-0.39, 0.29) is 6.54 Å². The molecular weight excluding hydrogens is 461 g/mol. The molecule has 0 saturated heterocycles. The van der Waals surface area contributed by atoms with Gasteiger partial charge in [-0.15, -0.1) is 0 Å². The van der Waals surface area contributed by atoms with E-state index in [0.29, 0.717) is 6.07 Å². The van der Waals surface area contributed by atoms with E-state index in [1.165, 1.54) is 20.8 Å². The van der Waals surface area contributed by atoms with Gasteiger partial charge in [-0.2, -0.15) is 17.9 Å². The van der Waals surface area contributed by atoms with E-state index in [0.717, 1.165) is 23.8 Å². The molecule has 0 radical (unpaired) electrons. The summed E-state index contributed by atoms with van der Waals surface area (Å²) in [6.45, 7) is 4.59. The second-order valence-electron chi connectivity index (χ2n) is 7.65. The van der Waals surface area contributed by atoms with Gasteiger partial charge in [-0.3, -0.25) is 9.59 Å². The van der Waals surface area contributed by atoms with Crippen molar-refractivity contribution in [3.05, 3.63) is 65.7 Å². The molecule has 0 spiro atoms. The smallest absolute Gasteiger partial charge is 0.416 e. The van der Waals surface area contributed by atoms with Crippen LogP contribution in [-0.2, 0) is 37.1 Å². The lowest BCUT2D eigenvalue weighted by molar-refractivity contribution is -0.157. The van der Waals surface area contributed by atoms with E-state index in [1.807, 2.05) is 6.07 Å².